The van der Waals surface area contributed by atoms with Crippen molar-refractivity contribution in [2.75, 3.05) is 6.61 Å². The summed E-state index contributed by atoms with van der Waals surface area (Å²) in [7, 11) is 0. The molecule has 0 saturated carbocycles. The van der Waals surface area contributed by atoms with Gasteiger partial charge in [-0.15, -0.1) is 0 Å². The third kappa shape index (κ3) is 5.58. The van der Waals surface area contributed by atoms with E-state index in [1.54, 1.807) is 11.5 Å². The number of hydrogen-bond acceptors (Lipinski definition) is 6. The Morgan fingerprint density at radius 3 is 2.47 bits per heavy atom. The van der Waals surface area contributed by atoms with Crippen molar-refractivity contribution in [1.82, 2.24) is 9.13 Å². The third-order valence-electron chi connectivity index (χ3n) is 7.39. The van der Waals surface area contributed by atoms with Crippen molar-refractivity contribution in [3.05, 3.63) is 133 Å². The van der Waals surface area contributed by atoms with Crippen molar-refractivity contribution in [2.45, 2.75) is 46.4 Å². The highest BCUT2D eigenvalue weighted by molar-refractivity contribution is 7.07. The van der Waals surface area contributed by atoms with Gasteiger partial charge in [0.15, 0.2) is 4.80 Å². The summed E-state index contributed by atoms with van der Waals surface area (Å²) in [4.78, 5) is 32.9. The van der Waals surface area contributed by atoms with Gasteiger partial charge in [0.25, 0.3) is 5.56 Å². The molecule has 7 nitrogen and oxygen atoms in total. The number of fused-ring (bicyclic) bond motifs is 2. The average molecular weight is 592 g/mol. The summed E-state index contributed by atoms with van der Waals surface area (Å²) in [6.07, 6.45) is 3.72. The lowest BCUT2D eigenvalue weighted by Gasteiger charge is -2.25. The maximum absolute atomic E-state index is 14.2. The fourth-order valence-corrected chi connectivity index (χ4v) is 6.57. The normalized spacial score (nSPS) is 15.1. The number of nitrogens with zero attached hydrogens (tertiary/aromatic N) is 3. The van der Waals surface area contributed by atoms with Crippen LogP contribution < -0.4 is 19.6 Å². The maximum atomic E-state index is 14.2. The summed E-state index contributed by atoms with van der Waals surface area (Å²) < 4.78 is 15.6. The Hall–Kier alpha value is -4.69. The van der Waals surface area contributed by atoms with Crippen LogP contribution in [0.25, 0.3) is 17.0 Å². The fraction of sp³-hybridized carbons (Fsp3) is 0.229. The Morgan fingerprint density at radius 2 is 1.74 bits per heavy atom. The predicted octanol–water partition coefficient (Wildman–Crippen LogP) is 5.59. The summed E-state index contributed by atoms with van der Waals surface area (Å²) in [5.41, 5.74) is 4.70. The van der Waals surface area contributed by atoms with Crippen LogP contribution in [0.2, 0.25) is 0 Å². The predicted molar refractivity (Wildman–Crippen MR) is 170 cm³/mol. The van der Waals surface area contributed by atoms with E-state index in [1.165, 1.54) is 16.9 Å². The molecule has 0 unspecified atom stereocenters. The summed E-state index contributed by atoms with van der Waals surface area (Å²) in [5.74, 6) is 0.242. The zero-order chi connectivity index (χ0) is 30.1. The molecule has 3 aromatic carbocycles. The van der Waals surface area contributed by atoms with E-state index in [2.05, 4.69) is 35.0 Å². The van der Waals surface area contributed by atoms with Crippen LogP contribution in [0.5, 0.6) is 5.75 Å². The molecule has 0 N–H and O–H groups in total. The molecule has 0 amide bonds. The first-order valence-electron chi connectivity index (χ1n) is 14.4. The minimum absolute atomic E-state index is 0.204. The quantitative estimate of drug-likeness (QED) is 0.221. The Bertz CT molecular complexity index is 2020. The smallest absolute Gasteiger partial charge is 0.338 e. The van der Waals surface area contributed by atoms with Crippen LogP contribution in [0.1, 0.15) is 50.4 Å². The number of allylic oxidation sites excluding steroid dienone is 1. The summed E-state index contributed by atoms with van der Waals surface area (Å²) in [6, 6.07) is 25.3. The van der Waals surface area contributed by atoms with E-state index >= 15 is 0 Å². The van der Waals surface area contributed by atoms with Gasteiger partial charge in [0.2, 0.25) is 0 Å². The first-order valence-corrected chi connectivity index (χ1v) is 15.2. The van der Waals surface area contributed by atoms with E-state index < -0.39 is 12.0 Å². The molecule has 6 rings (SSSR count). The molecule has 3 heterocycles. The molecule has 1 aliphatic rings. The van der Waals surface area contributed by atoms with Gasteiger partial charge in [-0.25, -0.2) is 9.79 Å². The SMILES string of the molecule is CCOc1ccc([C@@H]2C(C(=O)OC(C)C)=C(C)N=c3s/c(=C/c4cn(Cc5ccccc5)c5ccccc45)c(=O)n32)cc1. The van der Waals surface area contributed by atoms with Gasteiger partial charge in [0.1, 0.15) is 5.75 Å². The molecule has 1 aliphatic heterocycles. The molecule has 5 aromatic rings. The molecule has 1 atom stereocenters. The second-order valence-corrected chi connectivity index (χ2v) is 11.8. The van der Waals surface area contributed by atoms with Gasteiger partial charge < -0.3 is 14.0 Å². The van der Waals surface area contributed by atoms with Crippen LogP contribution in [0.3, 0.4) is 0 Å². The molecule has 0 bridgehead atoms. The van der Waals surface area contributed by atoms with Gasteiger partial charge >= 0.3 is 5.97 Å². The number of hydrogen-bond donors (Lipinski definition) is 0. The molecular weight excluding hydrogens is 558 g/mol. The van der Waals surface area contributed by atoms with E-state index in [0.29, 0.717) is 33.8 Å². The number of rotatable bonds is 8. The van der Waals surface area contributed by atoms with Crippen molar-refractivity contribution in [2.24, 2.45) is 4.99 Å². The van der Waals surface area contributed by atoms with Crippen LogP contribution >= 0.6 is 11.3 Å². The van der Waals surface area contributed by atoms with E-state index in [4.69, 9.17) is 14.5 Å². The standard InChI is InChI=1S/C35H33N3O4S/c1-5-41-27-17-15-25(16-18-27)32-31(34(40)42-22(2)3)23(4)36-35-38(32)33(39)30(43-35)19-26-21-37(20-24-11-7-6-8-12-24)29-14-10-9-13-28(26)29/h6-19,21-22,32H,5,20H2,1-4H3/b30-19+/t32-/m1/s1. The Kier molecular flexibility index (Phi) is 7.86. The Morgan fingerprint density at radius 1 is 1.02 bits per heavy atom. The van der Waals surface area contributed by atoms with Gasteiger partial charge in [0, 0.05) is 29.2 Å². The lowest BCUT2D eigenvalue weighted by molar-refractivity contribution is -0.143. The molecule has 0 saturated heterocycles. The van der Waals surface area contributed by atoms with Crippen LogP contribution in [0.15, 0.2) is 106 Å². The number of carbonyl (C=O) groups excluding carboxylic acids is 1. The molecule has 2 aromatic heterocycles. The molecule has 0 spiro atoms. The summed E-state index contributed by atoms with van der Waals surface area (Å²) >= 11 is 1.33. The lowest BCUT2D eigenvalue weighted by atomic mass is 9.96. The number of benzene rings is 3. The van der Waals surface area contributed by atoms with Gasteiger partial charge in [-0.3, -0.25) is 9.36 Å². The second-order valence-electron chi connectivity index (χ2n) is 10.8. The van der Waals surface area contributed by atoms with Crippen LogP contribution in [-0.2, 0) is 16.1 Å². The minimum atomic E-state index is -0.681. The van der Waals surface area contributed by atoms with Crippen molar-refractivity contribution < 1.29 is 14.3 Å². The number of para-hydroxylation sites is 1. The van der Waals surface area contributed by atoms with Crippen molar-refractivity contribution in [3.63, 3.8) is 0 Å². The topological polar surface area (TPSA) is 74.8 Å². The molecular formula is C35H33N3O4S. The van der Waals surface area contributed by atoms with Crippen molar-refractivity contribution >= 4 is 34.3 Å². The zero-order valence-electron chi connectivity index (χ0n) is 24.6. The molecule has 43 heavy (non-hydrogen) atoms. The molecule has 0 fully saturated rings. The Labute approximate surface area is 253 Å². The van der Waals surface area contributed by atoms with E-state index in [-0.39, 0.29) is 11.7 Å². The third-order valence-corrected chi connectivity index (χ3v) is 8.38. The molecule has 8 heteroatoms. The highest BCUT2D eigenvalue weighted by atomic mass is 32.1. The lowest BCUT2D eigenvalue weighted by Crippen LogP contribution is -2.40. The highest BCUT2D eigenvalue weighted by Crippen LogP contribution is 2.32. The van der Waals surface area contributed by atoms with Crippen molar-refractivity contribution in [3.8, 4) is 5.75 Å². The number of ether oxygens (including phenoxy) is 2. The summed E-state index contributed by atoms with van der Waals surface area (Å²) in [5, 5.41) is 1.06. The molecule has 218 valence electrons. The van der Waals surface area contributed by atoms with E-state index in [0.717, 1.165) is 27.8 Å². The highest BCUT2D eigenvalue weighted by Gasteiger charge is 2.33. The monoisotopic (exact) mass is 591 g/mol. The summed E-state index contributed by atoms with van der Waals surface area (Å²) in [6.45, 7) is 8.60. The van der Waals surface area contributed by atoms with Gasteiger partial charge in [-0.1, -0.05) is 72.0 Å². The fourth-order valence-electron chi connectivity index (χ4n) is 5.53. The number of thiazole rings is 1. The number of esters is 1. The van der Waals surface area contributed by atoms with Gasteiger partial charge in [-0.05, 0) is 63.1 Å². The van der Waals surface area contributed by atoms with Crippen LogP contribution in [-0.4, -0.2) is 27.8 Å². The van der Waals surface area contributed by atoms with Gasteiger partial charge in [0.05, 0.1) is 34.6 Å². The van der Waals surface area contributed by atoms with Crippen LogP contribution in [0.4, 0.5) is 0 Å². The average Bonchev–Trinajstić information content (AvgIpc) is 3.49. The maximum Gasteiger partial charge on any atom is 0.338 e. The Balaban J connectivity index is 1.50. The van der Waals surface area contributed by atoms with Gasteiger partial charge in [-0.2, -0.15) is 0 Å². The molecule has 0 radical (unpaired) electrons. The van der Waals surface area contributed by atoms with Crippen LogP contribution in [0, 0.1) is 0 Å². The van der Waals surface area contributed by atoms with E-state index in [9.17, 15) is 9.59 Å². The number of carbonyl (C=O) groups is 1. The van der Waals surface area contributed by atoms with E-state index in [1.807, 2.05) is 81.4 Å². The first-order chi connectivity index (χ1) is 20.8. The second kappa shape index (κ2) is 11.9. The van der Waals surface area contributed by atoms with Crippen molar-refractivity contribution in [1.29, 1.82) is 0 Å². The minimum Gasteiger partial charge on any atom is -0.494 e. The molecule has 0 aliphatic carbocycles. The largest absolute Gasteiger partial charge is 0.494 e. The number of aromatic nitrogens is 2. The zero-order valence-corrected chi connectivity index (χ0v) is 25.4. The first kappa shape index (κ1) is 28.4.